The van der Waals surface area contributed by atoms with Crippen molar-refractivity contribution in [2.45, 2.75) is 31.4 Å². The maximum atomic E-state index is 9.94. The highest BCUT2D eigenvalue weighted by atomic mass is 16.5. The Labute approximate surface area is 103 Å². The summed E-state index contributed by atoms with van der Waals surface area (Å²) in [6.07, 6.45) is 2.52. The van der Waals surface area contributed by atoms with Crippen LogP contribution in [0.2, 0.25) is 0 Å². The maximum Gasteiger partial charge on any atom is 0.0704 e. The minimum atomic E-state index is -0.305. The van der Waals surface area contributed by atoms with Crippen molar-refractivity contribution >= 4 is 0 Å². The van der Waals surface area contributed by atoms with Gasteiger partial charge in [-0.3, -0.25) is 0 Å². The number of aliphatic hydroxyl groups is 1. The molecule has 1 heterocycles. The largest absolute Gasteiger partial charge is 0.391 e. The van der Waals surface area contributed by atoms with Crippen LogP contribution in [0.25, 0.3) is 0 Å². The molecule has 0 aromatic heterocycles. The maximum absolute atomic E-state index is 9.94. The van der Waals surface area contributed by atoms with Gasteiger partial charge in [-0.2, -0.15) is 0 Å². The molecule has 1 aliphatic heterocycles. The lowest BCUT2D eigenvalue weighted by Crippen LogP contribution is -2.39. The highest BCUT2D eigenvalue weighted by molar-refractivity contribution is 5.15. The summed E-state index contributed by atoms with van der Waals surface area (Å²) in [5, 5.41) is 13.4. The molecule has 2 rings (SSSR count). The summed E-state index contributed by atoms with van der Waals surface area (Å²) in [7, 11) is 0. The van der Waals surface area contributed by atoms with Crippen LogP contribution in [0, 0.1) is 0 Å². The zero-order valence-electron chi connectivity index (χ0n) is 10.1. The first kappa shape index (κ1) is 12.6. The summed E-state index contributed by atoms with van der Waals surface area (Å²) in [5.41, 5.74) is 1.19. The van der Waals surface area contributed by atoms with E-state index >= 15 is 0 Å². The van der Waals surface area contributed by atoms with Gasteiger partial charge in [0, 0.05) is 25.8 Å². The van der Waals surface area contributed by atoms with E-state index in [1.807, 2.05) is 18.2 Å². The fraction of sp³-hybridized carbons (Fsp3) is 0.571. The van der Waals surface area contributed by atoms with E-state index in [-0.39, 0.29) is 6.10 Å². The van der Waals surface area contributed by atoms with Gasteiger partial charge in [0.2, 0.25) is 0 Å². The van der Waals surface area contributed by atoms with Crippen LogP contribution < -0.4 is 5.32 Å². The van der Waals surface area contributed by atoms with E-state index in [0.29, 0.717) is 12.6 Å². The Kier molecular flexibility index (Phi) is 4.98. The topological polar surface area (TPSA) is 41.5 Å². The Bertz CT molecular complexity index is 309. The van der Waals surface area contributed by atoms with E-state index in [2.05, 4.69) is 17.4 Å². The van der Waals surface area contributed by atoms with E-state index in [4.69, 9.17) is 4.74 Å². The molecular formula is C14H21NO2. The van der Waals surface area contributed by atoms with Gasteiger partial charge in [0.25, 0.3) is 0 Å². The number of benzene rings is 1. The molecule has 0 spiro atoms. The predicted molar refractivity (Wildman–Crippen MR) is 68.0 cm³/mol. The lowest BCUT2D eigenvalue weighted by Gasteiger charge is -2.24. The highest BCUT2D eigenvalue weighted by Crippen LogP contribution is 2.07. The number of rotatable bonds is 5. The first-order valence-corrected chi connectivity index (χ1v) is 6.38. The summed E-state index contributed by atoms with van der Waals surface area (Å²) in [6.45, 7) is 2.35. The van der Waals surface area contributed by atoms with Crippen molar-refractivity contribution < 1.29 is 9.84 Å². The average Bonchev–Trinajstić information content (AvgIpc) is 2.39. The van der Waals surface area contributed by atoms with E-state index in [0.717, 1.165) is 32.5 Å². The third kappa shape index (κ3) is 4.46. The molecule has 1 aromatic rings. The van der Waals surface area contributed by atoms with Gasteiger partial charge in [0.15, 0.2) is 0 Å². The molecule has 3 nitrogen and oxygen atoms in total. The van der Waals surface area contributed by atoms with Crippen molar-refractivity contribution in [3.05, 3.63) is 35.9 Å². The first-order chi connectivity index (χ1) is 8.34. The lowest BCUT2D eigenvalue weighted by molar-refractivity contribution is 0.0724. The van der Waals surface area contributed by atoms with Gasteiger partial charge in [0.1, 0.15) is 0 Å². The Balaban J connectivity index is 1.68. The van der Waals surface area contributed by atoms with Crippen LogP contribution in [-0.4, -0.2) is 37.0 Å². The van der Waals surface area contributed by atoms with Crippen molar-refractivity contribution in [2.75, 3.05) is 19.8 Å². The Morgan fingerprint density at radius 3 is 2.65 bits per heavy atom. The quantitative estimate of drug-likeness (QED) is 0.809. The molecule has 0 saturated carbocycles. The van der Waals surface area contributed by atoms with Crippen molar-refractivity contribution in [1.82, 2.24) is 5.32 Å². The number of aliphatic hydroxyl groups excluding tert-OH is 1. The van der Waals surface area contributed by atoms with E-state index < -0.39 is 0 Å². The Hall–Kier alpha value is -0.900. The number of nitrogens with one attached hydrogen (secondary N) is 1. The van der Waals surface area contributed by atoms with Crippen LogP contribution in [-0.2, 0) is 11.2 Å². The predicted octanol–water partition coefficient (Wildman–Crippen LogP) is 1.36. The normalized spacial score (nSPS) is 19.1. The van der Waals surface area contributed by atoms with Gasteiger partial charge in [-0.1, -0.05) is 30.3 Å². The van der Waals surface area contributed by atoms with Gasteiger partial charge < -0.3 is 15.2 Å². The molecule has 94 valence electrons. The summed E-state index contributed by atoms with van der Waals surface area (Å²) in [5.74, 6) is 0. The van der Waals surface area contributed by atoms with E-state index in [9.17, 15) is 5.11 Å². The fourth-order valence-corrected chi connectivity index (χ4v) is 2.16. The smallest absolute Gasteiger partial charge is 0.0704 e. The summed E-state index contributed by atoms with van der Waals surface area (Å²) in [6, 6.07) is 10.6. The Morgan fingerprint density at radius 1 is 1.24 bits per heavy atom. The molecule has 0 bridgehead atoms. The second-order valence-electron chi connectivity index (χ2n) is 4.64. The van der Waals surface area contributed by atoms with Crippen LogP contribution in [0.15, 0.2) is 30.3 Å². The van der Waals surface area contributed by atoms with Crippen LogP contribution in [0.1, 0.15) is 18.4 Å². The van der Waals surface area contributed by atoms with E-state index in [1.54, 1.807) is 0 Å². The molecule has 1 aliphatic rings. The average molecular weight is 235 g/mol. The SMILES string of the molecule is OC(CNC1CCOCC1)Cc1ccccc1. The zero-order valence-corrected chi connectivity index (χ0v) is 10.1. The van der Waals surface area contributed by atoms with Gasteiger partial charge in [0.05, 0.1) is 6.10 Å². The molecule has 1 unspecified atom stereocenters. The molecule has 17 heavy (non-hydrogen) atoms. The van der Waals surface area contributed by atoms with Gasteiger partial charge >= 0.3 is 0 Å². The second-order valence-corrected chi connectivity index (χ2v) is 4.64. The van der Waals surface area contributed by atoms with Crippen molar-refractivity contribution in [3.8, 4) is 0 Å². The molecular weight excluding hydrogens is 214 g/mol. The number of hydrogen-bond donors (Lipinski definition) is 2. The fourth-order valence-electron chi connectivity index (χ4n) is 2.16. The van der Waals surface area contributed by atoms with Gasteiger partial charge in [-0.05, 0) is 24.8 Å². The minimum absolute atomic E-state index is 0.305. The minimum Gasteiger partial charge on any atom is -0.391 e. The molecule has 2 N–H and O–H groups in total. The van der Waals surface area contributed by atoms with Crippen molar-refractivity contribution in [2.24, 2.45) is 0 Å². The first-order valence-electron chi connectivity index (χ1n) is 6.38. The third-order valence-corrected chi connectivity index (χ3v) is 3.18. The summed E-state index contributed by atoms with van der Waals surface area (Å²) in [4.78, 5) is 0. The van der Waals surface area contributed by atoms with Crippen LogP contribution in [0.4, 0.5) is 0 Å². The number of hydrogen-bond acceptors (Lipinski definition) is 3. The summed E-state index contributed by atoms with van der Waals surface area (Å²) >= 11 is 0. The van der Waals surface area contributed by atoms with Crippen LogP contribution in [0.3, 0.4) is 0 Å². The molecule has 1 fully saturated rings. The zero-order chi connectivity index (χ0) is 11.9. The highest BCUT2D eigenvalue weighted by Gasteiger charge is 2.14. The lowest BCUT2D eigenvalue weighted by atomic mass is 10.1. The van der Waals surface area contributed by atoms with Gasteiger partial charge in [-0.15, -0.1) is 0 Å². The molecule has 0 radical (unpaired) electrons. The van der Waals surface area contributed by atoms with Crippen molar-refractivity contribution in [1.29, 1.82) is 0 Å². The third-order valence-electron chi connectivity index (χ3n) is 3.18. The molecule has 0 aliphatic carbocycles. The van der Waals surface area contributed by atoms with E-state index in [1.165, 1.54) is 5.56 Å². The number of ether oxygens (including phenoxy) is 1. The molecule has 1 atom stereocenters. The molecule has 0 amide bonds. The van der Waals surface area contributed by atoms with Crippen LogP contribution in [0.5, 0.6) is 0 Å². The molecule has 3 heteroatoms. The molecule has 1 saturated heterocycles. The monoisotopic (exact) mass is 235 g/mol. The van der Waals surface area contributed by atoms with Gasteiger partial charge in [-0.25, -0.2) is 0 Å². The van der Waals surface area contributed by atoms with Crippen LogP contribution >= 0.6 is 0 Å². The Morgan fingerprint density at radius 2 is 1.94 bits per heavy atom. The summed E-state index contributed by atoms with van der Waals surface area (Å²) < 4.78 is 5.30. The standard InChI is InChI=1S/C14H21NO2/c16-14(10-12-4-2-1-3-5-12)11-15-13-6-8-17-9-7-13/h1-5,13-16H,6-11H2. The second kappa shape index (κ2) is 6.74. The van der Waals surface area contributed by atoms with Crippen molar-refractivity contribution in [3.63, 3.8) is 0 Å². The molecule has 1 aromatic carbocycles.